The van der Waals surface area contributed by atoms with Crippen molar-refractivity contribution in [1.29, 1.82) is 0 Å². The second-order valence-electron chi connectivity index (χ2n) is 3.80. The molecule has 0 aromatic carbocycles. The molecule has 0 bridgehead atoms. The second-order valence-corrected chi connectivity index (χ2v) is 4.14. The van der Waals surface area contributed by atoms with E-state index >= 15 is 0 Å². The Morgan fingerprint density at radius 3 is 2.62 bits per heavy atom. The molecule has 0 aliphatic rings. The molecule has 1 unspecified atom stereocenters. The van der Waals surface area contributed by atoms with Crippen LogP contribution in [0.15, 0.2) is 0 Å². The molecule has 1 heterocycles. The van der Waals surface area contributed by atoms with E-state index in [4.69, 9.17) is 22.4 Å². The first-order valence-corrected chi connectivity index (χ1v) is 5.43. The molecule has 0 spiro atoms. The predicted octanol–water partition coefficient (Wildman–Crippen LogP) is 1.07. The molecule has 0 fully saturated rings. The number of halogens is 1. The summed E-state index contributed by atoms with van der Waals surface area (Å²) < 4.78 is 0. The maximum atomic E-state index is 8.98. The number of hydrogen-bond acceptors (Lipinski definition) is 6. The van der Waals surface area contributed by atoms with Gasteiger partial charge < -0.3 is 16.2 Å². The molecule has 1 atom stereocenters. The highest BCUT2D eigenvalue weighted by molar-refractivity contribution is 6.28. The van der Waals surface area contributed by atoms with E-state index in [9.17, 15) is 0 Å². The van der Waals surface area contributed by atoms with Crippen molar-refractivity contribution in [1.82, 2.24) is 15.0 Å². The van der Waals surface area contributed by atoms with Crippen LogP contribution in [0.25, 0.3) is 0 Å². The Morgan fingerprint density at radius 2 is 2.12 bits per heavy atom. The molecule has 0 saturated carbocycles. The maximum absolute atomic E-state index is 8.98. The zero-order valence-electron chi connectivity index (χ0n) is 9.37. The van der Waals surface area contributed by atoms with Gasteiger partial charge in [0, 0.05) is 12.1 Å². The van der Waals surface area contributed by atoms with Gasteiger partial charge in [0.25, 0.3) is 0 Å². The van der Waals surface area contributed by atoms with E-state index in [0.717, 1.165) is 6.42 Å². The Bertz CT molecular complexity index is 342. The standard InChI is InChI=1S/C9H16ClN5O/c1-3-9(2,4-5-16)15-8-13-6(10)12-7(11)14-8/h16H,3-5H2,1-2H3,(H3,11,12,13,14,15). The van der Waals surface area contributed by atoms with Crippen LogP contribution in [0.4, 0.5) is 11.9 Å². The van der Waals surface area contributed by atoms with Crippen LogP contribution >= 0.6 is 11.6 Å². The Labute approximate surface area is 99.3 Å². The molecule has 0 radical (unpaired) electrons. The lowest BCUT2D eigenvalue weighted by atomic mass is 9.95. The quantitative estimate of drug-likeness (QED) is 0.718. The summed E-state index contributed by atoms with van der Waals surface area (Å²) in [6.07, 6.45) is 1.41. The van der Waals surface area contributed by atoms with Crippen molar-refractivity contribution in [2.24, 2.45) is 0 Å². The zero-order valence-corrected chi connectivity index (χ0v) is 10.1. The predicted molar refractivity (Wildman–Crippen MR) is 63.3 cm³/mol. The summed E-state index contributed by atoms with van der Waals surface area (Å²) >= 11 is 5.67. The van der Waals surface area contributed by atoms with Gasteiger partial charge >= 0.3 is 0 Å². The lowest BCUT2D eigenvalue weighted by Gasteiger charge is -2.28. The van der Waals surface area contributed by atoms with Crippen LogP contribution in [0.1, 0.15) is 26.7 Å². The van der Waals surface area contributed by atoms with E-state index < -0.39 is 0 Å². The molecule has 90 valence electrons. The number of aromatic nitrogens is 3. The molecular weight excluding hydrogens is 230 g/mol. The van der Waals surface area contributed by atoms with Crippen molar-refractivity contribution in [3.8, 4) is 0 Å². The highest BCUT2D eigenvalue weighted by Crippen LogP contribution is 2.20. The molecule has 7 heteroatoms. The third-order valence-corrected chi connectivity index (χ3v) is 2.65. The number of aliphatic hydroxyl groups excluding tert-OH is 1. The number of anilines is 2. The Kier molecular flexibility index (Phi) is 4.26. The van der Waals surface area contributed by atoms with Gasteiger partial charge in [0.05, 0.1) is 0 Å². The fourth-order valence-electron chi connectivity index (χ4n) is 1.27. The molecule has 0 saturated heterocycles. The van der Waals surface area contributed by atoms with Gasteiger partial charge in [0.1, 0.15) is 0 Å². The molecule has 0 aliphatic carbocycles. The fraction of sp³-hybridized carbons (Fsp3) is 0.667. The van der Waals surface area contributed by atoms with Gasteiger partial charge in [-0.1, -0.05) is 6.92 Å². The van der Waals surface area contributed by atoms with Gasteiger partial charge in [0.2, 0.25) is 17.2 Å². The number of rotatable bonds is 5. The normalized spacial score (nSPS) is 14.5. The van der Waals surface area contributed by atoms with E-state index in [1.165, 1.54) is 0 Å². The lowest BCUT2D eigenvalue weighted by Crippen LogP contribution is -2.36. The maximum Gasteiger partial charge on any atom is 0.229 e. The second kappa shape index (κ2) is 5.27. The van der Waals surface area contributed by atoms with Crippen molar-refractivity contribution in [2.45, 2.75) is 32.2 Å². The third-order valence-electron chi connectivity index (χ3n) is 2.48. The van der Waals surface area contributed by atoms with Gasteiger partial charge in [-0.15, -0.1) is 0 Å². The molecule has 16 heavy (non-hydrogen) atoms. The summed E-state index contributed by atoms with van der Waals surface area (Å²) in [4.78, 5) is 11.5. The smallest absolute Gasteiger partial charge is 0.229 e. The van der Waals surface area contributed by atoms with Crippen LogP contribution in [0.5, 0.6) is 0 Å². The van der Waals surface area contributed by atoms with Crippen molar-refractivity contribution in [2.75, 3.05) is 17.7 Å². The largest absolute Gasteiger partial charge is 0.396 e. The third kappa shape index (κ3) is 3.46. The summed E-state index contributed by atoms with van der Waals surface area (Å²) in [5.41, 5.74) is 5.17. The van der Waals surface area contributed by atoms with E-state index in [0.29, 0.717) is 12.4 Å². The number of aliphatic hydroxyl groups is 1. The molecule has 4 N–H and O–H groups in total. The van der Waals surface area contributed by atoms with Crippen LogP contribution in [-0.2, 0) is 0 Å². The minimum Gasteiger partial charge on any atom is -0.396 e. The Morgan fingerprint density at radius 1 is 1.44 bits per heavy atom. The van der Waals surface area contributed by atoms with Crippen LogP contribution in [0.3, 0.4) is 0 Å². The van der Waals surface area contributed by atoms with Crippen molar-refractivity contribution in [3.63, 3.8) is 0 Å². The summed E-state index contributed by atoms with van der Waals surface area (Å²) in [6, 6.07) is 0. The van der Waals surface area contributed by atoms with Gasteiger partial charge in [-0.05, 0) is 31.4 Å². The topological polar surface area (TPSA) is 97.0 Å². The molecule has 0 aliphatic heterocycles. The van der Waals surface area contributed by atoms with Crippen LogP contribution < -0.4 is 11.1 Å². The number of nitrogens with zero attached hydrogens (tertiary/aromatic N) is 3. The summed E-state index contributed by atoms with van der Waals surface area (Å²) in [5, 5.41) is 12.1. The molecule has 1 aromatic heterocycles. The first-order valence-electron chi connectivity index (χ1n) is 5.05. The Balaban J connectivity index is 2.85. The molecule has 1 rings (SSSR count). The van der Waals surface area contributed by atoms with E-state index in [2.05, 4.69) is 20.3 Å². The average Bonchev–Trinajstić information content (AvgIpc) is 2.16. The summed E-state index contributed by atoms with van der Waals surface area (Å²) in [5.74, 6) is 0.403. The summed E-state index contributed by atoms with van der Waals surface area (Å²) in [6.45, 7) is 4.07. The number of nitrogen functional groups attached to an aromatic ring is 1. The first-order chi connectivity index (χ1) is 7.49. The SMILES string of the molecule is CCC(C)(CCO)Nc1nc(N)nc(Cl)n1. The minimum absolute atomic E-state index is 0.0532. The van der Waals surface area contributed by atoms with E-state index in [1.807, 2.05) is 13.8 Å². The van der Waals surface area contributed by atoms with Crippen LogP contribution in [0.2, 0.25) is 5.28 Å². The van der Waals surface area contributed by atoms with Gasteiger partial charge in [-0.3, -0.25) is 0 Å². The average molecular weight is 246 g/mol. The van der Waals surface area contributed by atoms with Crippen molar-refractivity contribution in [3.05, 3.63) is 5.28 Å². The number of nitrogens with two attached hydrogens (primary N) is 1. The van der Waals surface area contributed by atoms with E-state index in [1.54, 1.807) is 0 Å². The molecule has 1 aromatic rings. The fourth-order valence-corrected chi connectivity index (χ4v) is 1.43. The first kappa shape index (κ1) is 12.9. The molecule has 6 nitrogen and oxygen atoms in total. The molecular formula is C9H16ClN5O. The minimum atomic E-state index is -0.286. The number of hydrogen-bond donors (Lipinski definition) is 3. The van der Waals surface area contributed by atoms with Crippen molar-refractivity contribution < 1.29 is 5.11 Å². The number of nitrogens with one attached hydrogen (secondary N) is 1. The zero-order chi connectivity index (χ0) is 12.2. The van der Waals surface area contributed by atoms with Crippen LogP contribution in [0, 0.1) is 0 Å². The monoisotopic (exact) mass is 245 g/mol. The van der Waals surface area contributed by atoms with Gasteiger partial charge in [-0.2, -0.15) is 15.0 Å². The Hall–Kier alpha value is -1.14. The van der Waals surface area contributed by atoms with Crippen LogP contribution in [-0.4, -0.2) is 32.2 Å². The van der Waals surface area contributed by atoms with Gasteiger partial charge in [-0.25, -0.2) is 0 Å². The lowest BCUT2D eigenvalue weighted by molar-refractivity contribution is 0.251. The highest BCUT2D eigenvalue weighted by atomic mass is 35.5. The molecule has 0 amide bonds. The van der Waals surface area contributed by atoms with E-state index in [-0.39, 0.29) is 23.4 Å². The highest BCUT2D eigenvalue weighted by Gasteiger charge is 2.22. The summed E-state index contributed by atoms with van der Waals surface area (Å²) in [7, 11) is 0. The van der Waals surface area contributed by atoms with Crippen molar-refractivity contribution >= 4 is 23.5 Å². The van der Waals surface area contributed by atoms with Gasteiger partial charge in [0.15, 0.2) is 0 Å².